The molecule has 0 spiro atoms. The Hall–Kier alpha value is -0.570. The summed E-state index contributed by atoms with van der Waals surface area (Å²) in [5.74, 6) is 0. The molecule has 122 valence electrons. The highest BCUT2D eigenvalue weighted by Gasteiger charge is 2.29. The monoisotopic (exact) mass is 320 g/mol. The van der Waals surface area contributed by atoms with Crippen molar-refractivity contribution in [1.82, 2.24) is 10.2 Å². The van der Waals surface area contributed by atoms with Crippen LogP contribution in [0.3, 0.4) is 0 Å². The summed E-state index contributed by atoms with van der Waals surface area (Å²) in [4.78, 5) is 2.72. The summed E-state index contributed by atoms with van der Waals surface area (Å²) in [5, 5.41) is 4.73. The summed E-state index contributed by atoms with van der Waals surface area (Å²) in [6, 6.07) is 10.5. The Morgan fingerprint density at radius 3 is 2.36 bits per heavy atom. The minimum atomic E-state index is 0.585. The van der Waals surface area contributed by atoms with E-state index >= 15 is 0 Å². The molecule has 1 saturated heterocycles. The van der Waals surface area contributed by atoms with Gasteiger partial charge in [-0.25, -0.2) is 0 Å². The van der Waals surface area contributed by atoms with Gasteiger partial charge in [-0.15, -0.1) is 0 Å². The van der Waals surface area contributed by atoms with Gasteiger partial charge in [0.15, 0.2) is 0 Å². The standard InChI is InChI=1S/C19H29ClN2/c1-2-17(14-15-6-8-16(20)9-7-15)21-18-10-12-22(13-11-18)19-4-3-5-19/h6-9,17-19,21H,2-5,10-14H2,1H3. The molecule has 1 aromatic rings. The molecule has 3 heteroatoms. The van der Waals surface area contributed by atoms with Crippen LogP contribution in [0, 0.1) is 0 Å². The van der Waals surface area contributed by atoms with E-state index in [2.05, 4.69) is 29.3 Å². The topological polar surface area (TPSA) is 15.3 Å². The van der Waals surface area contributed by atoms with Gasteiger partial charge >= 0.3 is 0 Å². The molecule has 2 fully saturated rings. The molecular formula is C19H29ClN2. The second kappa shape index (κ2) is 7.81. The molecule has 1 atom stereocenters. The lowest BCUT2D eigenvalue weighted by Gasteiger charge is -2.42. The summed E-state index contributed by atoms with van der Waals surface area (Å²) in [5.41, 5.74) is 1.38. The van der Waals surface area contributed by atoms with Crippen LogP contribution in [0.1, 0.15) is 51.0 Å². The molecule has 2 aliphatic rings. The van der Waals surface area contributed by atoms with Crippen LogP contribution in [-0.2, 0) is 6.42 Å². The van der Waals surface area contributed by atoms with Gasteiger partial charge in [-0.1, -0.05) is 37.1 Å². The molecule has 1 N–H and O–H groups in total. The first-order valence-corrected chi connectivity index (χ1v) is 9.37. The molecule has 3 rings (SSSR count). The van der Waals surface area contributed by atoms with Gasteiger partial charge < -0.3 is 10.2 Å². The number of benzene rings is 1. The van der Waals surface area contributed by atoms with Gasteiger partial charge in [0.05, 0.1) is 0 Å². The largest absolute Gasteiger partial charge is 0.311 e. The Morgan fingerprint density at radius 2 is 1.82 bits per heavy atom. The highest BCUT2D eigenvalue weighted by atomic mass is 35.5. The van der Waals surface area contributed by atoms with Crippen LogP contribution in [0.2, 0.25) is 5.02 Å². The SMILES string of the molecule is CCC(Cc1ccc(Cl)cc1)NC1CCN(C2CCC2)CC1. The number of piperidine rings is 1. The molecule has 0 aromatic heterocycles. The van der Waals surface area contributed by atoms with Crippen molar-refractivity contribution in [3.8, 4) is 0 Å². The van der Waals surface area contributed by atoms with E-state index in [0.717, 1.165) is 17.5 Å². The third-order valence-electron chi connectivity index (χ3n) is 5.48. The molecule has 1 aliphatic heterocycles. The lowest BCUT2D eigenvalue weighted by molar-refractivity contribution is 0.0900. The Morgan fingerprint density at radius 1 is 1.14 bits per heavy atom. The molecule has 2 nitrogen and oxygen atoms in total. The molecule has 0 amide bonds. The number of nitrogens with one attached hydrogen (secondary N) is 1. The molecule has 0 radical (unpaired) electrons. The van der Waals surface area contributed by atoms with Crippen LogP contribution in [0.4, 0.5) is 0 Å². The normalized spacial score (nSPS) is 22.5. The highest BCUT2D eigenvalue weighted by Crippen LogP contribution is 2.27. The van der Waals surface area contributed by atoms with Gasteiger partial charge in [-0.2, -0.15) is 0 Å². The molecule has 22 heavy (non-hydrogen) atoms. The van der Waals surface area contributed by atoms with E-state index in [9.17, 15) is 0 Å². The number of hydrogen-bond acceptors (Lipinski definition) is 2. The summed E-state index contributed by atoms with van der Waals surface area (Å²) in [6.45, 7) is 4.87. The number of rotatable bonds is 6. The summed E-state index contributed by atoms with van der Waals surface area (Å²) < 4.78 is 0. The molecule has 1 saturated carbocycles. The van der Waals surface area contributed by atoms with Gasteiger partial charge in [0, 0.05) is 23.1 Å². The van der Waals surface area contributed by atoms with Crippen molar-refractivity contribution in [3.63, 3.8) is 0 Å². The van der Waals surface area contributed by atoms with Crippen LogP contribution >= 0.6 is 11.6 Å². The number of halogens is 1. The summed E-state index contributed by atoms with van der Waals surface area (Å²) in [6.07, 6.45) is 9.24. The first-order valence-electron chi connectivity index (χ1n) is 8.99. The van der Waals surface area contributed by atoms with Crippen molar-refractivity contribution >= 4 is 11.6 Å². The zero-order valence-electron chi connectivity index (χ0n) is 13.7. The van der Waals surface area contributed by atoms with Crippen LogP contribution in [-0.4, -0.2) is 36.1 Å². The number of hydrogen-bond donors (Lipinski definition) is 1. The zero-order chi connectivity index (χ0) is 15.4. The molecule has 1 unspecified atom stereocenters. The smallest absolute Gasteiger partial charge is 0.0406 e. The maximum absolute atomic E-state index is 5.97. The first kappa shape index (κ1) is 16.3. The van der Waals surface area contributed by atoms with Crippen molar-refractivity contribution in [1.29, 1.82) is 0 Å². The predicted octanol–water partition coefficient (Wildman–Crippen LogP) is 4.27. The van der Waals surface area contributed by atoms with E-state index < -0.39 is 0 Å². The van der Waals surface area contributed by atoms with Crippen molar-refractivity contribution in [2.24, 2.45) is 0 Å². The summed E-state index contributed by atoms with van der Waals surface area (Å²) >= 11 is 5.97. The van der Waals surface area contributed by atoms with E-state index in [0.29, 0.717) is 12.1 Å². The first-order chi connectivity index (χ1) is 10.7. The second-order valence-electron chi connectivity index (χ2n) is 7.00. The zero-order valence-corrected chi connectivity index (χ0v) is 14.5. The fourth-order valence-electron chi connectivity index (χ4n) is 3.74. The van der Waals surface area contributed by atoms with Gasteiger partial charge in [-0.3, -0.25) is 0 Å². The van der Waals surface area contributed by atoms with Crippen LogP contribution in [0.25, 0.3) is 0 Å². The van der Waals surface area contributed by atoms with Crippen LogP contribution in [0.5, 0.6) is 0 Å². The van der Waals surface area contributed by atoms with Crippen molar-refractivity contribution < 1.29 is 0 Å². The third-order valence-corrected chi connectivity index (χ3v) is 5.73. The van der Waals surface area contributed by atoms with Crippen molar-refractivity contribution in [3.05, 3.63) is 34.9 Å². The lowest BCUT2D eigenvalue weighted by Crippen LogP contribution is -2.50. The molecular weight excluding hydrogens is 292 g/mol. The van der Waals surface area contributed by atoms with Gasteiger partial charge in [0.25, 0.3) is 0 Å². The maximum atomic E-state index is 5.97. The average Bonchev–Trinajstić information content (AvgIpc) is 2.49. The predicted molar refractivity (Wildman–Crippen MR) is 94.6 cm³/mol. The Bertz CT molecular complexity index is 447. The number of nitrogens with zero attached hydrogens (tertiary/aromatic N) is 1. The highest BCUT2D eigenvalue weighted by molar-refractivity contribution is 6.30. The number of likely N-dealkylation sites (tertiary alicyclic amines) is 1. The second-order valence-corrected chi connectivity index (χ2v) is 7.43. The van der Waals surface area contributed by atoms with E-state index in [4.69, 9.17) is 11.6 Å². The maximum Gasteiger partial charge on any atom is 0.0406 e. The average molecular weight is 321 g/mol. The van der Waals surface area contributed by atoms with Crippen LogP contribution in [0.15, 0.2) is 24.3 Å². The van der Waals surface area contributed by atoms with Gasteiger partial charge in [-0.05, 0) is 69.3 Å². The fraction of sp³-hybridized carbons (Fsp3) is 0.684. The molecule has 1 aliphatic carbocycles. The minimum Gasteiger partial charge on any atom is -0.311 e. The molecule has 1 heterocycles. The fourth-order valence-corrected chi connectivity index (χ4v) is 3.87. The van der Waals surface area contributed by atoms with Crippen LogP contribution < -0.4 is 5.32 Å². The van der Waals surface area contributed by atoms with E-state index in [-0.39, 0.29) is 0 Å². The lowest BCUT2D eigenvalue weighted by atomic mass is 9.89. The van der Waals surface area contributed by atoms with Gasteiger partial charge in [0.2, 0.25) is 0 Å². The van der Waals surface area contributed by atoms with E-state index in [1.54, 1.807) is 0 Å². The van der Waals surface area contributed by atoms with E-state index in [1.165, 1.54) is 57.2 Å². The van der Waals surface area contributed by atoms with Crippen molar-refractivity contribution in [2.75, 3.05) is 13.1 Å². The van der Waals surface area contributed by atoms with E-state index in [1.807, 2.05) is 12.1 Å². The summed E-state index contributed by atoms with van der Waals surface area (Å²) in [7, 11) is 0. The third kappa shape index (κ3) is 4.24. The minimum absolute atomic E-state index is 0.585. The Labute approximate surface area is 140 Å². The molecule has 1 aromatic carbocycles. The molecule has 0 bridgehead atoms. The quantitative estimate of drug-likeness (QED) is 0.842. The van der Waals surface area contributed by atoms with Gasteiger partial charge in [0.1, 0.15) is 0 Å². The Kier molecular flexibility index (Phi) is 5.78. The Balaban J connectivity index is 1.45. The van der Waals surface area contributed by atoms with Crippen molar-refractivity contribution in [2.45, 2.75) is 70.0 Å².